The number of hydrogen-bond donors (Lipinski definition) is 1. The van der Waals surface area contributed by atoms with Crippen LogP contribution in [0.2, 0.25) is 0 Å². The van der Waals surface area contributed by atoms with Crippen LogP contribution in [0.3, 0.4) is 0 Å². The second kappa shape index (κ2) is 7.65. The van der Waals surface area contributed by atoms with Crippen molar-refractivity contribution in [2.24, 2.45) is 5.92 Å². The Morgan fingerprint density at radius 2 is 1.80 bits per heavy atom. The van der Waals surface area contributed by atoms with Gasteiger partial charge in [0.2, 0.25) is 11.8 Å². The number of nitrogens with zero attached hydrogens (tertiary/aromatic N) is 1. The fraction of sp³-hybridized carbons (Fsp3) is 0.875. The lowest BCUT2D eigenvalue weighted by molar-refractivity contribution is -0.152. The fourth-order valence-electron chi connectivity index (χ4n) is 3.05. The van der Waals surface area contributed by atoms with Crippen LogP contribution in [0.1, 0.15) is 66.7 Å². The molecule has 116 valence electrons. The van der Waals surface area contributed by atoms with Crippen LogP contribution in [0.4, 0.5) is 0 Å². The largest absolute Gasteiger partial charge is 0.342 e. The van der Waals surface area contributed by atoms with Gasteiger partial charge < -0.3 is 10.2 Å². The first-order valence-electron chi connectivity index (χ1n) is 8.04. The zero-order valence-electron chi connectivity index (χ0n) is 13.6. The third-order valence-electron chi connectivity index (χ3n) is 3.96. The maximum absolute atomic E-state index is 12.7. The lowest BCUT2D eigenvalue weighted by Gasteiger charge is -2.43. The second-order valence-corrected chi connectivity index (χ2v) is 6.38. The molecule has 20 heavy (non-hydrogen) atoms. The van der Waals surface area contributed by atoms with Gasteiger partial charge in [-0.15, -0.1) is 0 Å². The van der Waals surface area contributed by atoms with E-state index in [-0.39, 0.29) is 29.9 Å². The summed E-state index contributed by atoms with van der Waals surface area (Å²) in [6.45, 7) is 10.4. The molecule has 4 nitrogen and oxygen atoms in total. The number of rotatable bonds is 7. The van der Waals surface area contributed by atoms with Crippen molar-refractivity contribution in [1.29, 1.82) is 0 Å². The highest BCUT2D eigenvalue weighted by Crippen LogP contribution is 2.22. The van der Waals surface area contributed by atoms with Crippen LogP contribution in [0, 0.1) is 5.92 Å². The molecule has 0 aromatic carbocycles. The SMILES string of the molecule is CCCC(C)N1C(=O)C(CC(C)C)NC(=O)C1CCC. The summed E-state index contributed by atoms with van der Waals surface area (Å²) < 4.78 is 0. The third-order valence-corrected chi connectivity index (χ3v) is 3.96. The molecule has 1 aliphatic rings. The van der Waals surface area contributed by atoms with Crippen molar-refractivity contribution in [1.82, 2.24) is 10.2 Å². The van der Waals surface area contributed by atoms with Gasteiger partial charge in [-0.25, -0.2) is 0 Å². The molecular formula is C16H30N2O2. The monoisotopic (exact) mass is 282 g/mol. The fourth-order valence-corrected chi connectivity index (χ4v) is 3.05. The van der Waals surface area contributed by atoms with Crippen molar-refractivity contribution >= 4 is 11.8 Å². The quantitative estimate of drug-likeness (QED) is 0.780. The molecule has 4 heteroatoms. The van der Waals surface area contributed by atoms with Crippen molar-refractivity contribution < 1.29 is 9.59 Å². The van der Waals surface area contributed by atoms with E-state index >= 15 is 0 Å². The Bertz CT molecular complexity index is 341. The van der Waals surface area contributed by atoms with Gasteiger partial charge in [0.1, 0.15) is 12.1 Å². The summed E-state index contributed by atoms with van der Waals surface area (Å²) in [4.78, 5) is 26.9. The smallest absolute Gasteiger partial charge is 0.246 e. The molecule has 1 saturated heterocycles. The normalized spacial score (nSPS) is 25.0. The topological polar surface area (TPSA) is 49.4 Å². The highest BCUT2D eigenvalue weighted by atomic mass is 16.2. The van der Waals surface area contributed by atoms with Crippen LogP contribution >= 0.6 is 0 Å². The summed E-state index contributed by atoms with van der Waals surface area (Å²) in [6.07, 6.45) is 4.36. The zero-order valence-corrected chi connectivity index (χ0v) is 13.6. The molecule has 1 N–H and O–H groups in total. The minimum absolute atomic E-state index is 0.0278. The first-order chi connectivity index (χ1) is 9.42. The van der Waals surface area contributed by atoms with E-state index < -0.39 is 0 Å². The van der Waals surface area contributed by atoms with E-state index in [1.807, 2.05) is 4.90 Å². The first kappa shape index (κ1) is 17.0. The molecule has 0 bridgehead atoms. The van der Waals surface area contributed by atoms with Crippen LogP contribution in [-0.2, 0) is 9.59 Å². The maximum atomic E-state index is 12.7. The number of nitrogens with one attached hydrogen (secondary N) is 1. The highest BCUT2D eigenvalue weighted by Gasteiger charge is 2.41. The molecule has 0 aromatic rings. The third kappa shape index (κ3) is 3.97. The molecule has 0 aliphatic carbocycles. The number of amides is 2. The van der Waals surface area contributed by atoms with E-state index in [4.69, 9.17) is 0 Å². The van der Waals surface area contributed by atoms with Crippen LogP contribution in [0.15, 0.2) is 0 Å². The van der Waals surface area contributed by atoms with E-state index in [0.29, 0.717) is 5.92 Å². The lowest BCUT2D eigenvalue weighted by atomic mass is 9.94. The van der Waals surface area contributed by atoms with Crippen molar-refractivity contribution in [2.45, 2.75) is 84.8 Å². The first-order valence-corrected chi connectivity index (χ1v) is 8.04. The second-order valence-electron chi connectivity index (χ2n) is 6.38. The van der Waals surface area contributed by atoms with Gasteiger partial charge in [0.25, 0.3) is 0 Å². The van der Waals surface area contributed by atoms with E-state index in [0.717, 1.165) is 32.1 Å². The molecule has 0 spiro atoms. The van der Waals surface area contributed by atoms with Gasteiger partial charge in [-0.1, -0.05) is 40.5 Å². The van der Waals surface area contributed by atoms with Crippen LogP contribution in [0.5, 0.6) is 0 Å². The van der Waals surface area contributed by atoms with Gasteiger partial charge in [-0.2, -0.15) is 0 Å². The molecule has 3 atom stereocenters. The predicted molar refractivity (Wildman–Crippen MR) is 81.3 cm³/mol. The average Bonchev–Trinajstić information content (AvgIpc) is 2.35. The average molecular weight is 282 g/mol. The van der Waals surface area contributed by atoms with Gasteiger partial charge in [0.05, 0.1) is 0 Å². The van der Waals surface area contributed by atoms with Gasteiger partial charge >= 0.3 is 0 Å². The molecule has 1 heterocycles. The summed E-state index contributed by atoms with van der Waals surface area (Å²) in [5.74, 6) is 0.535. The summed E-state index contributed by atoms with van der Waals surface area (Å²) in [5.41, 5.74) is 0. The highest BCUT2D eigenvalue weighted by molar-refractivity contribution is 5.97. The zero-order chi connectivity index (χ0) is 15.3. The molecule has 1 fully saturated rings. The van der Waals surface area contributed by atoms with E-state index in [9.17, 15) is 9.59 Å². The molecule has 3 unspecified atom stereocenters. The Morgan fingerprint density at radius 1 is 1.15 bits per heavy atom. The summed E-state index contributed by atoms with van der Waals surface area (Å²) >= 11 is 0. The van der Waals surface area contributed by atoms with Gasteiger partial charge in [0, 0.05) is 6.04 Å². The summed E-state index contributed by atoms with van der Waals surface area (Å²) in [7, 11) is 0. The van der Waals surface area contributed by atoms with Gasteiger partial charge in [0.15, 0.2) is 0 Å². The molecule has 0 radical (unpaired) electrons. The van der Waals surface area contributed by atoms with Crippen LogP contribution < -0.4 is 5.32 Å². The molecule has 1 aliphatic heterocycles. The number of carbonyl (C=O) groups is 2. The Kier molecular flexibility index (Phi) is 6.50. The van der Waals surface area contributed by atoms with Gasteiger partial charge in [-0.05, 0) is 32.1 Å². The Balaban J connectivity index is 2.94. The number of piperazine rings is 1. The Labute approximate surface area is 123 Å². The van der Waals surface area contributed by atoms with E-state index in [2.05, 4.69) is 39.9 Å². The molecule has 2 amide bonds. The molecular weight excluding hydrogens is 252 g/mol. The van der Waals surface area contributed by atoms with E-state index in [1.165, 1.54) is 0 Å². The molecule has 0 aromatic heterocycles. The van der Waals surface area contributed by atoms with Crippen molar-refractivity contribution in [3.63, 3.8) is 0 Å². The minimum Gasteiger partial charge on any atom is -0.342 e. The van der Waals surface area contributed by atoms with Gasteiger partial charge in [-0.3, -0.25) is 9.59 Å². The number of hydrogen-bond acceptors (Lipinski definition) is 2. The van der Waals surface area contributed by atoms with E-state index in [1.54, 1.807) is 0 Å². The molecule has 1 rings (SSSR count). The van der Waals surface area contributed by atoms with Crippen LogP contribution in [-0.4, -0.2) is 34.8 Å². The summed E-state index contributed by atoms with van der Waals surface area (Å²) in [5, 5.41) is 2.93. The van der Waals surface area contributed by atoms with Crippen molar-refractivity contribution in [2.75, 3.05) is 0 Å². The van der Waals surface area contributed by atoms with Crippen LogP contribution in [0.25, 0.3) is 0 Å². The summed E-state index contributed by atoms with van der Waals surface area (Å²) in [6, 6.07) is -0.475. The van der Waals surface area contributed by atoms with Crippen molar-refractivity contribution in [3.05, 3.63) is 0 Å². The lowest BCUT2D eigenvalue weighted by Crippen LogP contribution is -2.65. The standard InChI is InChI=1S/C16H30N2O2/c1-6-8-12(5)18-14(9-7-2)15(19)17-13(16(18)20)10-11(3)4/h11-14H,6-10H2,1-5H3,(H,17,19). The Morgan fingerprint density at radius 3 is 2.30 bits per heavy atom. The minimum atomic E-state index is -0.338. The Hall–Kier alpha value is -1.06. The molecule has 0 saturated carbocycles. The number of carbonyl (C=O) groups excluding carboxylic acids is 2. The predicted octanol–water partition coefficient (Wildman–Crippen LogP) is 2.72. The maximum Gasteiger partial charge on any atom is 0.246 e. The van der Waals surface area contributed by atoms with Crippen molar-refractivity contribution in [3.8, 4) is 0 Å².